The molecule has 2 unspecified atom stereocenters. The van der Waals surface area contributed by atoms with Crippen molar-refractivity contribution in [3.8, 4) is 0 Å². The van der Waals surface area contributed by atoms with Crippen molar-refractivity contribution in [2.45, 2.75) is 38.8 Å². The van der Waals surface area contributed by atoms with Gasteiger partial charge in [-0.1, -0.05) is 30.7 Å². The van der Waals surface area contributed by atoms with Crippen molar-refractivity contribution in [3.05, 3.63) is 82.2 Å². The summed E-state index contributed by atoms with van der Waals surface area (Å²) in [5, 5.41) is 3.79. The third-order valence-corrected chi connectivity index (χ3v) is 9.09. The lowest BCUT2D eigenvalue weighted by molar-refractivity contribution is -0.125. The molecule has 3 aromatic rings. The maximum absolute atomic E-state index is 13.1. The molecule has 2 fully saturated rings. The molecule has 2 atom stereocenters. The van der Waals surface area contributed by atoms with Crippen molar-refractivity contribution in [1.82, 2.24) is 29.7 Å². The Morgan fingerprint density at radius 3 is 2.68 bits per heavy atom. The highest BCUT2D eigenvalue weighted by Gasteiger charge is 2.40. The van der Waals surface area contributed by atoms with Gasteiger partial charge in [0.1, 0.15) is 6.61 Å². The van der Waals surface area contributed by atoms with Crippen LogP contribution in [0.5, 0.6) is 0 Å². The average Bonchev–Trinajstić information content (AvgIpc) is 3.66. The molecule has 232 valence electrons. The van der Waals surface area contributed by atoms with E-state index < -0.39 is 6.04 Å². The Bertz CT molecular complexity index is 1560. The number of nitrogens with one attached hydrogen (secondary N) is 1. The summed E-state index contributed by atoms with van der Waals surface area (Å²) in [5.74, 6) is -0.228. The van der Waals surface area contributed by atoms with Gasteiger partial charge in [0.05, 0.1) is 42.6 Å². The van der Waals surface area contributed by atoms with Crippen molar-refractivity contribution in [3.63, 3.8) is 0 Å². The Labute approximate surface area is 263 Å². The lowest BCUT2D eigenvalue weighted by atomic mass is 9.89. The van der Waals surface area contributed by atoms with E-state index in [1.54, 1.807) is 17.4 Å². The number of aromatic nitrogens is 3. The van der Waals surface area contributed by atoms with Gasteiger partial charge in [-0.25, -0.2) is 9.78 Å². The number of imidazole rings is 1. The fraction of sp³-hybridized carbons (Fsp3) is 0.455. The molecular weight excluding hydrogens is 580 g/mol. The zero-order chi connectivity index (χ0) is 30.8. The second-order valence-electron chi connectivity index (χ2n) is 12.2. The highest BCUT2D eigenvalue weighted by atomic mass is 35.5. The minimum absolute atomic E-state index is 0.0484. The van der Waals surface area contributed by atoms with Crippen LogP contribution in [0.3, 0.4) is 0 Å². The monoisotopic (exact) mass is 618 g/mol. The molecule has 1 N–H and O–H groups in total. The molecular formula is C33H39ClN6O4. The van der Waals surface area contributed by atoms with E-state index in [0.29, 0.717) is 44.4 Å². The predicted molar refractivity (Wildman–Crippen MR) is 168 cm³/mol. The summed E-state index contributed by atoms with van der Waals surface area (Å²) in [7, 11) is 1.91. The molecule has 0 radical (unpaired) electrons. The van der Waals surface area contributed by atoms with Crippen molar-refractivity contribution < 1.29 is 19.1 Å². The summed E-state index contributed by atoms with van der Waals surface area (Å²) in [6.45, 7) is 7.31. The number of aryl methyl sites for hydroxylation is 1. The molecule has 1 aliphatic heterocycles. The summed E-state index contributed by atoms with van der Waals surface area (Å²) >= 11 is 6.66. The molecule has 2 aromatic heterocycles. The Morgan fingerprint density at radius 1 is 1.18 bits per heavy atom. The number of pyridine rings is 1. The number of ether oxygens (including phenoxy) is 2. The number of hydrogen-bond acceptors (Lipinski definition) is 7. The predicted octanol–water partition coefficient (Wildman–Crippen LogP) is 4.86. The quantitative estimate of drug-likeness (QED) is 0.365. The number of carbonyl (C=O) groups is 2. The number of amides is 2. The summed E-state index contributed by atoms with van der Waals surface area (Å²) in [4.78, 5) is 39.4. The average molecular weight is 619 g/mol. The lowest BCUT2D eigenvalue weighted by Crippen LogP contribution is -2.50. The fourth-order valence-electron chi connectivity index (χ4n) is 6.00. The smallest absolute Gasteiger partial charge is 0.409 e. The molecule has 3 heterocycles. The summed E-state index contributed by atoms with van der Waals surface area (Å²) < 4.78 is 13.0. The molecule has 44 heavy (non-hydrogen) atoms. The summed E-state index contributed by atoms with van der Waals surface area (Å²) in [6, 6.07) is 9.18. The number of rotatable bonds is 9. The molecule has 3 aliphatic rings. The number of carbonyl (C=O) groups excluding carboxylic acids is 2. The second kappa shape index (κ2) is 12.7. The van der Waals surface area contributed by atoms with Crippen LogP contribution in [0.4, 0.5) is 4.79 Å². The van der Waals surface area contributed by atoms with Gasteiger partial charge in [-0.2, -0.15) is 0 Å². The molecule has 10 nitrogen and oxygen atoms in total. The highest BCUT2D eigenvalue weighted by molar-refractivity contribution is 6.30. The first-order valence-electron chi connectivity index (χ1n) is 15.2. The third-order valence-electron chi connectivity index (χ3n) is 8.85. The van der Waals surface area contributed by atoms with Crippen LogP contribution in [0, 0.1) is 5.41 Å². The Hall–Kier alpha value is -3.73. The van der Waals surface area contributed by atoms with Crippen LogP contribution in [-0.2, 0) is 21.3 Å². The van der Waals surface area contributed by atoms with Crippen LogP contribution < -0.4 is 5.32 Å². The maximum Gasteiger partial charge on any atom is 0.409 e. The standard InChI is InChI=1S/C33H39ClN6O4/c1-4-43-19-28(41)37-30(27-18-35-21-38(27)3)26-16-22-6-5-11-36-29(22)31(24-8-7-23(34)17-25(24)26)39-12-14-40(15-13-39)32(42)44-20-33(2)9-10-33/h5-8,11,16-18,21,30-31H,4,9-10,12-15,19-20H2,1-3H3,(H,37,41). The van der Waals surface area contributed by atoms with E-state index >= 15 is 0 Å². The summed E-state index contributed by atoms with van der Waals surface area (Å²) in [5.41, 5.74) is 5.66. The number of hydrogen-bond donors (Lipinski definition) is 1. The molecule has 1 saturated heterocycles. The zero-order valence-corrected chi connectivity index (χ0v) is 26.2. The van der Waals surface area contributed by atoms with E-state index in [4.69, 9.17) is 26.1 Å². The van der Waals surface area contributed by atoms with Crippen molar-refractivity contribution in [2.24, 2.45) is 12.5 Å². The normalized spacial score (nSPS) is 19.7. The molecule has 0 bridgehead atoms. The number of fused-ring (bicyclic) bond motifs is 2. The maximum atomic E-state index is 13.1. The first-order chi connectivity index (χ1) is 21.3. The topological polar surface area (TPSA) is 102 Å². The van der Waals surface area contributed by atoms with Crippen molar-refractivity contribution >= 4 is 35.3 Å². The lowest BCUT2D eigenvalue weighted by Gasteiger charge is -2.39. The largest absolute Gasteiger partial charge is 0.449 e. The van der Waals surface area contributed by atoms with Crippen molar-refractivity contribution in [2.75, 3.05) is 46.0 Å². The SMILES string of the molecule is CCOCC(=O)NC(C1=Cc2cccnc2C(N2CCN(C(=O)OCC3(C)CC3)CC2)c2ccc(Cl)cc21)c1cncn1C. The van der Waals surface area contributed by atoms with Crippen LogP contribution in [0.15, 0.2) is 49.1 Å². The van der Waals surface area contributed by atoms with Crippen LogP contribution in [0.2, 0.25) is 5.02 Å². The van der Waals surface area contributed by atoms with Crippen LogP contribution in [-0.4, -0.2) is 82.3 Å². The number of nitrogens with zero attached hydrogens (tertiary/aromatic N) is 5. The third kappa shape index (κ3) is 6.38. The summed E-state index contributed by atoms with van der Waals surface area (Å²) in [6.07, 6.45) is 9.39. The van der Waals surface area contributed by atoms with E-state index in [9.17, 15) is 9.59 Å². The number of halogens is 1. The minimum Gasteiger partial charge on any atom is -0.449 e. The van der Waals surface area contributed by atoms with E-state index in [0.717, 1.165) is 46.5 Å². The van der Waals surface area contributed by atoms with Gasteiger partial charge in [0, 0.05) is 56.5 Å². The van der Waals surface area contributed by atoms with Gasteiger partial charge < -0.3 is 24.3 Å². The van der Waals surface area contributed by atoms with E-state index in [1.807, 2.05) is 42.9 Å². The van der Waals surface area contributed by atoms with Crippen molar-refractivity contribution in [1.29, 1.82) is 0 Å². The molecule has 0 spiro atoms. The van der Waals surface area contributed by atoms with Gasteiger partial charge in [0.2, 0.25) is 5.91 Å². The Kier molecular flexibility index (Phi) is 8.75. The van der Waals surface area contributed by atoms with Gasteiger partial charge in [-0.05, 0) is 66.3 Å². The van der Waals surface area contributed by atoms with Crippen LogP contribution in [0.1, 0.15) is 66.9 Å². The first kappa shape index (κ1) is 30.3. The minimum atomic E-state index is -0.528. The molecule has 2 aliphatic carbocycles. The Balaban J connectivity index is 1.35. The molecule has 6 rings (SSSR count). The van der Waals surface area contributed by atoms with Gasteiger partial charge in [0.25, 0.3) is 0 Å². The van der Waals surface area contributed by atoms with E-state index in [1.165, 1.54) is 0 Å². The second-order valence-corrected chi connectivity index (χ2v) is 12.6. The number of benzene rings is 1. The van der Waals surface area contributed by atoms with Gasteiger partial charge in [0.15, 0.2) is 0 Å². The highest BCUT2D eigenvalue weighted by Crippen LogP contribution is 2.46. The van der Waals surface area contributed by atoms with Crippen LogP contribution >= 0.6 is 11.6 Å². The zero-order valence-electron chi connectivity index (χ0n) is 25.5. The molecule has 1 aromatic carbocycles. The van der Waals surface area contributed by atoms with Crippen LogP contribution in [0.25, 0.3) is 11.6 Å². The van der Waals surface area contributed by atoms with E-state index in [-0.39, 0.29) is 30.1 Å². The fourth-order valence-corrected chi connectivity index (χ4v) is 6.17. The Morgan fingerprint density at radius 2 is 1.98 bits per heavy atom. The number of piperazine rings is 1. The van der Waals surface area contributed by atoms with Gasteiger partial charge >= 0.3 is 6.09 Å². The molecule has 1 saturated carbocycles. The molecule has 2 amide bonds. The first-order valence-corrected chi connectivity index (χ1v) is 15.6. The van der Waals surface area contributed by atoms with Gasteiger partial charge in [-0.3, -0.25) is 14.7 Å². The molecule has 11 heteroatoms. The van der Waals surface area contributed by atoms with Gasteiger partial charge in [-0.15, -0.1) is 0 Å². The van der Waals surface area contributed by atoms with E-state index in [2.05, 4.69) is 40.3 Å².